The normalized spacial score (nSPS) is 20.9. The number of carbonyl (C=O) groups is 3. The van der Waals surface area contributed by atoms with Gasteiger partial charge in [-0.1, -0.05) is 65.8 Å². The zero-order chi connectivity index (χ0) is 35.1. The summed E-state index contributed by atoms with van der Waals surface area (Å²) in [6.07, 6.45) is 6.21. The Kier molecular flexibility index (Phi) is 8.74. The van der Waals surface area contributed by atoms with Gasteiger partial charge in [-0.25, -0.2) is 14.8 Å². The number of benzene rings is 1. The lowest BCUT2D eigenvalue weighted by molar-refractivity contribution is -0.111. The number of carbonyl (C=O) groups excluding carboxylic acids is 3. The summed E-state index contributed by atoms with van der Waals surface area (Å²) in [4.78, 5) is 50.6. The molecule has 4 aromatic rings. The third-order valence-electron chi connectivity index (χ3n) is 8.73. The predicted octanol–water partition coefficient (Wildman–Crippen LogP) is 4.45. The van der Waals surface area contributed by atoms with Crippen LogP contribution in [-0.4, -0.2) is 73.9 Å². The van der Waals surface area contributed by atoms with E-state index in [-0.39, 0.29) is 23.1 Å². The summed E-state index contributed by atoms with van der Waals surface area (Å²) in [7, 11) is 2.00. The van der Waals surface area contributed by atoms with Crippen LogP contribution < -0.4 is 20.7 Å². The molecule has 0 unspecified atom stereocenters. The molecule has 1 aromatic carbocycles. The Labute approximate surface area is 285 Å². The van der Waals surface area contributed by atoms with Gasteiger partial charge in [0.05, 0.1) is 11.9 Å². The quantitative estimate of drug-likeness (QED) is 0.192. The van der Waals surface area contributed by atoms with Crippen LogP contribution in [0.5, 0.6) is 5.75 Å². The van der Waals surface area contributed by atoms with Gasteiger partial charge in [-0.3, -0.25) is 19.3 Å². The number of aldehydes is 1. The molecule has 256 valence electrons. The van der Waals surface area contributed by atoms with Gasteiger partial charge in [-0.05, 0) is 49.9 Å². The van der Waals surface area contributed by atoms with E-state index in [9.17, 15) is 14.4 Å². The number of amides is 3. The first-order chi connectivity index (χ1) is 23.1. The van der Waals surface area contributed by atoms with E-state index in [1.54, 1.807) is 30.4 Å². The molecular weight excluding hydrogens is 622 g/mol. The molecular formula is C36H43N9O4. The molecule has 13 nitrogen and oxygen atoms in total. The average Bonchev–Trinajstić information content (AvgIpc) is 3.67. The molecule has 3 N–H and O–H groups in total. The van der Waals surface area contributed by atoms with Gasteiger partial charge in [0.25, 0.3) is 5.91 Å². The molecule has 6 rings (SSSR count). The average molecular weight is 666 g/mol. The number of likely N-dealkylation sites (N-methyl/N-ethyl adjacent to an activating group) is 1. The Morgan fingerprint density at radius 3 is 2.49 bits per heavy atom. The molecule has 4 heterocycles. The summed E-state index contributed by atoms with van der Waals surface area (Å²) in [5.41, 5.74) is 0.409. The maximum atomic E-state index is 13.6. The molecule has 1 fully saturated rings. The summed E-state index contributed by atoms with van der Waals surface area (Å²) < 4.78 is 8.35. The Morgan fingerprint density at radius 1 is 1.02 bits per heavy atom. The number of rotatable bonds is 7. The van der Waals surface area contributed by atoms with E-state index in [2.05, 4.69) is 61.8 Å². The van der Waals surface area contributed by atoms with Crippen molar-refractivity contribution >= 4 is 29.7 Å². The van der Waals surface area contributed by atoms with Crippen LogP contribution in [0.3, 0.4) is 0 Å². The largest absolute Gasteiger partial charge is 0.480 e. The van der Waals surface area contributed by atoms with E-state index in [4.69, 9.17) is 4.74 Å². The van der Waals surface area contributed by atoms with E-state index in [1.807, 2.05) is 62.7 Å². The monoisotopic (exact) mass is 665 g/mol. The van der Waals surface area contributed by atoms with E-state index in [0.29, 0.717) is 34.5 Å². The highest BCUT2D eigenvalue weighted by molar-refractivity contribution is 5.94. The van der Waals surface area contributed by atoms with Crippen LogP contribution in [0, 0.1) is 0 Å². The zero-order valence-corrected chi connectivity index (χ0v) is 28.9. The third-order valence-corrected chi connectivity index (χ3v) is 8.73. The molecule has 3 aromatic heterocycles. The minimum Gasteiger partial charge on any atom is -0.480 e. The second kappa shape index (κ2) is 12.7. The number of anilines is 1. The second-order valence-corrected chi connectivity index (χ2v) is 14.9. The Hall–Kier alpha value is -5.17. The molecule has 3 amide bonds. The molecule has 1 aliphatic heterocycles. The first-order valence-corrected chi connectivity index (χ1v) is 16.4. The van der Waals surface area contributed by atoms with Gasteiger partial charge in [-0.2, -0.15) is 0 Å². The van der Waals surface area contributed by atoms with E-state index >= 15 is 0 Å². The summed E-state index contributed by atoms with van der Waals surface area (Å²) in [5, 5.41) is 17.2. The summed E-state index contributed by atoms with van der Waals surface area (Å²) in [5.74, 6) is 1.08. The summed E-state index contributed by atoms with van der Waals surface area (Å²) >= 11 is 0. The maximum absolute atomic E-state index is 13.6. The van der Waals surface area contributed by atoms with Crippen LogP contribution in [0.1, 0.15) is 87.3 Å². The first-order valence-electron chi connectivity index (χ1n) is 16.4. The van der Waals surface area contributed by atoms with Crippen LogP contribution in [0.15, 0.2) is 60.8 Å². The zero-order valence-electron chi connectivity index (χ0n) is 28.9. The van der Waals surface area contributed by atoms with Crippen LogP contribution in [0.25, 0.3) is 5.65 Å². The number of fused-ring (bicyclic) bond motifs is 2. The smallest absolute Gasteiger partial charge is 0.321 e. The number of aromatic nitrogens is 5. The van der Waals surface area contributed by atoms with Gasteiger partial charge in [0.2, 0.25) is 5.82 Å². The lowest BCUT2D eigenvalue weighted by atomic mass is 9.81. The van der Waals surface area contributed by atoms with Crippen LogP contribution in [0.4, 0.5) is 10.6 Å². The van der Waals surface area contributed by atoms with Crippen LogP contribution in [0.2, 0.25) is 0 Å². The number of ether oxygens (including phenoxy) is 1. The lowest BCUT2D eigenvalue weighted by Crippen LogP contribution is -2.49. The molecule has 2 aliphatic rings. The summed E-state index contributed by atoms with van der Waals surface area (Å²) in [6, 6.07) is 11.9. The van der Waals surface area contributed by atoms with Crippen molar-refractivity contribution in [3.05, 3.63) is 89.3 Å². The SMILES string of the molecule is CN1CC[C@H](NC(=O)c2nc(NC(=O)N[C@@]3(C=O)C=C[C@@H](Oc4ccc5nnc(C(C)(C)C)n5c4)c4ccccc43)cc(C(C)(C)C)n2)C1. The van der Waals surface area contributed by atoms with Crippen molar-refractivity contribution in [2.75, 3.05) is 25.5 Å². The molecule has 13 heteroatoms. The number of urea groups is 1. The number of pyridine rings is 1. The highest BCUT2D eigenvalue weighted by Crippen LogP contribution is 2.37. The highest BCUT2D eigenvalue weighted by atomic mass is 16.5. The van der Waals surface area contributed by atoms with Gasteiger partial charge in [0, 0.05) is 35.0 Å². The van der Waals surface area contributed by atoms with Crippen molar-refractivity contribution < 1.29 is 19.1 Å². The summed E-state index contributed by atoms with van der Waals surface area (Å²) in [6.45, 7) is 13.7. The fourth-order valence-corrected chi connectivity index (χ4v) is 6.13. The van der Waals surface area contributed by atoms with Gasteiger partial charge in [0.1, 0.15) is 29.0 Å². The van der Waals surface area contributed by atoms with E-state index in [1.165, 1.54) is 0 Å². The van der Waals surface area contributed by atoms with Crippen LogP contribution in [-0.2, 0) is 21.2 Å². The fourth-order valence-electron chi connectivity index (χ4n) is 6.13. The highest BCUT2D eigenvalue weighted by Gasteiger charge is 2.39. The molecule has 3 atom stereocenters. The second-order valence-electron chi connectivity index (χ2n) is 14.9. The van der Waals surface area contributed by atoms with Crippen molar-refractivity contribution in [2.24, 2.45) is 0 Å². The van der Waals surface area contributed by atoms with Crippen molar-refractivity contribution in [3.63, 3.8) is 0 Å². The molecule has 1 saturated heterocycles. The molecule has 0 radical (unpaired) electrons. The third kappa shape index (κ3) is 7.02. The molecule has 1 aliphatic carbocycles. The minimum absolute atomic E-state index is 0.00993. The standard InChI is InChI=1S/C36H43N9O4/c1-34(2,3)27-18-28(39-30(38-27)31(47)37-22-15-17-44(7)19-22)40-33(48)41-36(21-46)16-14-26(24-10-8-9-11-25(24)36)49-23-12-13-29-42-43-32(35(4,5)6)45(29)20-23/h8-14,16,18,20-22,26H,15,17,19H2,1-7H3,(H,37,47)(H2,38,39,40,41,48)/t22-,26+,36+/m0/s1. The fraction of sp³-hybridized carbons (Fsp3) is 0.417. The number of likely N-dealkylation sites (tertiary alicyclic amines) is 1. The Bertz CT molecular complexity index is 1940. The minimum atomic E-state index is -1.49. The number of hydrogen-bond acceptors (Lipinski definition) is 9. The molecule has 0 bridgehead atoms. The van der Waals surface area contributed by atoms with Gasteiger partial charge < -0.3 is 20.3 Å². The first kappa shape index (κ1) is 33.7. The van der Waals surface area contributed by atoms with Crippen molar-refractivity contribution in [3.8, 4) is 5.75 Å². The number of nitrogens with one attached hydrogen (secondary N) is 3. The van der Waals surface area contributed by atoms with Gasteiger partial charge in [0.15, 0.2) is 11.9 Å². The van der Waals surface area contributed by atoms with Crippen molar-refractivity contribution in [2.45, 2.75) is 76.5 Å². The number of nitrogens with zero attached hydrogens (tertiary/aromatic N) is 6. The van der Waals surface area contributed by atoms with Crippen molar-refractivity contribution in [1.29, 1.82) is 0 Å². The van der Waals surface area contributed by atoms with Gasteiger partial charge >= 0.3 is 6.03 Å². The predicted molar refractivity (Wildman–Crippen MR) is 185 cm³/mol. The van der Waals surface area contributed by atoms with E-state index < -0.39 is 29.0 Å². The Morgan fingerprint density at radius 2 is 1.80 bits per heavy atom. The maximum Gasteiger partial charge on any atom is 0.321 e. The molecule has 49 heavy (non-hydrogen) atoms. The van der Waals surface area contributed by atoms with Crippen LogP contribution >= 0.6 is 0 Å². The topological polar surface area (TPSA) is 156 Å². The molecule has 0 spiro atoms. The number of hydrogen-bond donors (Lipinski definition) is 3. The van der Waals surface area contributed by atoms with E-state index in [0.717, 1.165) is 25.3 Å². The Balaban J connectivity index is 1.24. The molecule has 0 saturated carbocycles. The van der Waals surface area contributed by atoms with Crippen molar-refractivity contribution in [1.82, 2.24) is 40.1 Å². The lowest BCUT2D eigenvalue weighted by Gasteiger charge is -2.34. The van der Waals surface area contributed by atoms with Gasteiger partial charge in [-0.15, -0.1) is 10.2 Å².